The molecule has 0 spiro atoms. The minimum absolute atomic E-state index is 0. The molecule has 1 aromatic carbocycles. The number of hydrogen-bond acceptors (Lipinski definition) is 4. The first-order valence-electron chi connectivity index (χ1n) is 6.66. The molecule has 1 aliphatic heterocycles. The summed E-state index contributed by atoms with van der Waals surface area (Å²) in [6.45, 7) is 1.03. The van der Waals surface area contributed by atoms with Gasteiger partial charge in [0.15, 0.2) is 0 Å². The largest absolute Gasteiger partial charge is 0.313 e. The first kappa shape index (κ1) is 15.4. The zero-order chi connectivity index (χ0) is 13.1. The number of hydrogen-bond donors (Lipinski definition) is 1. The fraction of sp³-hybridized carbons (Fsp3) is 0.429. The van der Waals surface area contributed by atoms with Crippen LogP contribution in [0.1, 0.15) is 19.3 Å². The summed E-state index contributed by atoms with van der Waals surface area (Å²) < 4.78 is 12.3. The standard InChI is InChI=1S/C14H17N3OS.ClH/c18-19(10-11-5-3-4-8-15-11)14-9-16-12-6-1-2-7-13(12)17-14;/h1-2,6-7,9,11,15H,3-5,8,10H2;1H. The van der Waals surface area contributed by atoms with Gasteiger partial charge in [-0.3, -0.25) is 9.19 Å². The van der Waals surface area contributed by atoms with Crippen molar-refractivity contribution in [2.75, 3.05) is 12.3 Å². The van der Waals surface area contributed by atoms with E-state index in [1.807, 2.05) is 24.3 Å². The molecular formula is C14H18ClN3OS. The highest BCUT2D eigenvalue weighted by Crippen LogP contribution is 2.14. The van der Waals surface area contributed by atoms with Crippen LogP contribution in [0.2, 0.25) is 0 Å². The van der Waals surface area contributed by atoms with Gasteiger partial charge in [0.1, 0.15) is 5.03 Å². The Morgan fingerprint density at radius 3 is 2.80 bits per heavy atom. The Morgan fingerprint density at radius 2 is 2.05 bits per heavy atom. The van der Waals surface area contributed by atoms with E-state index in [9.17, 15) is 4.21 Å². The van der Waals surface area contributed by atoms with Crippen LogP contribution in [0.5, 0.6) is 0 Å². The first-order chi connectivity index (χ1) is 9.33. The fourth-order valence-corrected chi connectivity index (χ4v) is 3.58. The number of nitrogens with one attached hydrogen (secondary N) is 1. The second kappa shape index (κ2) is 7.11. The summed E-state index contributed by atoms with van der Waals surface area (Å²) in [5.74, 6) is 0.632. The Hall–Kier alpha value is -1.04. The lowest BCUT2D eigenvalue weighted by molar-refractivity contribution is 0.427. The molecule has 1 N–H and O–H groups in total. The van der Waals surface area contributed by atoms with Crippen LogP contribution in [-0.4, -0.2) is 32.5 Å². The van der Waals surface area contributed by atoms with Gasteiger partial charge in [-0.2, -0.15) is 0 Å². The Labute approximate surface area is 127 Å². The molecule has 2 unspecified atom stereocenters. The number of fused-ring (bicyclic) bond motifs is 1. The molecule has 1 fully saturated rings. The Kier molecular flexibility index (Phi) is 5.46. The van der Waals surface area contributed by atoms with Crippen LogP contribution in [0.4, 0.5) is 0 Å². The molecule has 2 atom stereocenters. The minimum Gasteiger partial charge on any atom is -0.313 e. The lowest BCUT2D eigenvalue weighted by Crippen LogP contribution is -2.38. The maximum absolute atomic E-state index is 12.3. The number of benzene rings is 1. The van der Waals surface area contributed by atoms with E-state index in [0.29, 0.717) is 16.8 Å². The summed E-state index contributed by atoms with van der Waals surface area (Å²) >= 11 is 0. The molecular weight excluding hydrogens is 294 g/mol. The van der Waals surface area contributed by atoms with Gasteiger partial charge in [-0.25, -0.2) is 4.98 Å². The van der Waals surface area contributed by atoms with Gasteiger partial charge in [-0.1, -0.05) is 18.6 Å². The molecule has 2 aromatic rings. The van der Waals surface area contributed by atoms with Crippen molar-refractivity contribution in [2.45, 2.75) is 30.3 Å². The van der Waals surface area contributed by atoms with Crippen molar-refractivity contribution in [2.24, 2.45) is 0 Å². The highest BCUT2D eigenvalue weighted by Gasteiger charge is 2.17. The number of halogens is 1. The number of aromatic nitrogens is 2. The molecule has 0 aliphatic carbocycles. The van der Waals surface area contributed by atoms with Crippen LogP contribution < -0.4 is 5.32 Å². The predicted octanol–water partition coefficient (Wildman–Crippen LogP) is 2.30. The zero-order valence-electron chi connectivity index (χ0n) is 11.1. The van der Waals surface area contributed by atoms with Gasteiger partial charge in [0.2, 0.25) is 0 Å². The van der Waals surface area contributed by atoms with Gasteiger partial charge in [0, 0.05) is 11.8 Å². The van der Waals surface area contributed by atoms with Gasteiger partial charge in [0.25, 0.3) is 0 Å². The molecule has 0 radical (unpaired) electrons. The Bertz CT molecular complexity index is 602. The third-order valence-corrected chi connectivity index (χ3v) is 4.79. The second-order valence-electron chi connectivity index (χ2n) is 4.86. The molecule has 20 heavy (non-hydrogen) atoms. The third-order valence-electron chi connectivity index (χ3n) is 3.42. The fourth-order valence-electron chi connectivity index (χ4n) is 2.38. The third kappa shape index (κ3) is 3.53. The molecule has 1 saturated heterocycles. The SMILES string of the molecule is Cl.O=S(CC1CCCCN1)c1cnc2ccccc2n1. The summed E-state index contributed by atoms with van der Waals surface area (Å²) in [5.41, 5.74) is 1.66. The smallest absolute Gasteiger partial charge is 0.146 e. The summed E-state index contributed by atoms with van der Waals surface area (Å²) in [7, 11) is -1.07. The van der Waals surface area contributed by atoms with Gasteiger partial charge >= 0.3 is 0 Å². The molecule has 108 valence electrons. The highest BCUT2D eigenvalue weighted by molar-refractivity contribution is 7.85. The summed E-state index contributed by atoms with van der Waals surface area (Å²) in [5, 5.41) is 4.00. The van der Waals surface area contributed by atoms with Crippen LogP contribution in [0.3, 0.4) is 0 Å². The maximum atomic E-state index is 12.3. The molecule has 0 bridgehead atoms. The van der Waals surface area contributed by atoms with Crippen LogP contribution >= 0.6 is 12.4 Å². The van der Waals surface area contributed by atoms with Crippen molar-refractivity contribution in [3.8, 4) is 0 Å². The molecule has 1 aromatic heterocycles. The topological polar surface area (TPSA) is 54.9 Å². The normalized spacial score (nSPS) is 20.3. The molecule has 2 heterocycles. The lowest BCUT2D eigenvalue weighted by atomic mass is 10.1. The lowest BCUT2D eigenvalue weighted by Gasteiger charge is -2.22. The van der Waals surface area contributed by atoms with E-state index in [-0.39, 0.29) is 12.4 Å². The van der Waals surface area contributed by atoms with Crippen LogP contribution in [0.15, 0.2) is 35.5 Å². The van der Waals surface area contributed by atoms with Crippen molar-refractivity contribution in [1.29, 1.82) is 0 Å². The second-order valence-corrected chi connectivity index (χ2v) is 6.30. The van der Waals surface area contributed by atoms with E-state index in [4.69, 9.17) is 0 Å². The van der Waals surface area contributed by atoms with Gasteiger partial charge in [-0.15, -0.1) is 12.4 Å². The number of piperidine rings is 1. The Balaban J connectivity index is 0.00000147. The van der Waals surface area contributed by atoms with Crippen LogP contribution in [0, 0.1) is 0 Å². The molecule has 0 amide bonds. The quantitative estimate of drug-likeness (QED) is 0.945. The maximum Gasteiger partial charge on any atom is 0.146 e. The summed E-state index contributed by atoms with van der Waals surface area (Å²) in [6, 6.07) is 8.02. The van der Waals surface area contributed by atoms with Crippen molar-refractivity contribution >= 4 is 34.2 Å². The summed E-state index contributed by atoms with van der Waals surface area (Å²) in [6.07, 6.45) is 5.19. The molecule has 1 aliphatic rings. The van der Waals surface area contributed by atoms with E-state index in [1.54, 1.807) is 6.20 Å². The van der Waals surface area contributed by atoms with E-state index < -0.39 is 10.8 Å². The van der Waals surface area contributed by atoms with Crippen molar-refractivity contribution in [3.63, 3.8) is 0 Å². The van der Waals surface area contributed by atoms with E-state index in [2.05, 4.69) is 15.3 Å². The number of rotatable bonds is 3. The van der Waals surface area contributed by atoms with Crippen molar-refractivity contribution < 1.29 is 4.21 Å². The zero-order valence-corrected chi connectivity index (χ0v) is 12.8. The van der Waals surface area contributed by atoms with E-state index in [0.717, 1.165) is 24.0 Å². The molecule has 3 rings (SSSR count). The first-order valence-corrected chi connectivity index (χ1v) is 7.98. The average Bonchev–Trinajstić information content (AvgIpc) is 2.48. The number of para-hydroxylation sites is 2. The van der Waals surface area contributed by atoms with E-state index >= 15 is 0 Å². The molecule has 6 heteroatoms. The molecule has 4 nitrogen and oxygen atoms in total. The van der Waals surface area contributed by atoms with Crippen LogP contribution in [-0.2, 0) is 10.8 Å². The minimum atomic E-state index is -1.07. The van der Waals surface area contributed by atoms with Gasteiger partial charge in [0.05, 0.1) is 28.0 Å². The monoisotopic (exact) mass is 311 g/mol. The van der Waals surface area contributed by atoms with E-state index in [1.165, 1.54) is 12.8 Å². The van der Waals surface area contributed by atoms with Crippen LogP contribution in [0.25, 0.3) is 11.0 Å². The van der Waals surface area contributed by atoms with Crippen molar-refractivity contribution in [3.05, 3.63) is 30.5 Å². The average molecular weight is 312 g/mol. The summed E-state index contributed by atoms with van der Waals surface area (Å²) in [4.78, 5) is 8.77. The predicted molar refractivity (Wildman–Crippen MR) is 83.7 cm³/mol. The van der Waals surface area contributed by atoms with Gasteiger partial charge in [-0.05, 0) is 31.5 Å². The van der Waals surface area contributed by atoms with Gasteiger partial charge < -0.3 is 5.32 Å². The molecule has 0 saturated carbocycles. The Morgan fingerprint density at radius 1 is 1.25 bits per heavy atom. The van der Waals surface area contributed by atoms with Crippen molar-refractivity contribution in [1.82, 2.24) is 15.3 Å². The number of nitrogens with zero attached hydrogens (tertiary/aromatic N) is 2. The highest BCUT2D eigenvalue weighted by atomic mass is 35.5.